The van der Waals surface area contributed by atoms with Crippen molar-refractivity contribution < 1.29 is 14.3 Å². The van der Waals surface area contributed by atoms with Crippen LogP contribution in [0.5, 0.6) is 5.75 Å². The number of rotatable bonds is 7. The summed E-state index contributed by atoms with van der Waals surface area (Å²) in [5, 5.41) is 3.18. The van der Waals surface area contributed by atoms with Crippen molar-refractivity contribution in [3.8, 4) is 5.75 Å². The topological polar surface area (TPSA) is 61.9 Å². The minimum Gasteiger partial charge on any atom is -0.497 e. The number of methoxy groups -OCH3 is 1. The van der Waals surface area contributed by atoms with E-state index in [-0.39, 0.29) is 17.9 Å². The number of nitrogens with zero attached hydrogens (tertiary/aromatic N) is 2. The molecule has 1 heterocycles. The van der Waals surface area contributed by atoms with Crippen molar-refractivity contribution in [3.63, 3.8) is 0 Å². The van der Waals surface area contributed by atoms with Crippen LogP contribution in [0.25, 0.3) is 0 Å². The van der Waals surface area contributed by atoms with Gasteiger partial charge < -0.3 is 15.0 Å². The molecule has 1 saturated carbocycles. The highest BCUT2D eigenvalue weighted by Gasteiger charge is 2.36. The van der Waals surface area contributed by atoms with Crippen molar-refractivity contribution in [3.05, 3.63) is 29.8 Å². The molecule has 2 aliphatic rings. The molecule has 1 aromatic rings. The third-order valence-corrected chi connectivity index (χ3v) is 6.14. The molecule has 154 valence electrons. The lowest BCUT2D eigenvalue weighted by Crippen LogP contribution is -2.57. The third kappa shape index (κ3) is 5.25. The number of piperazine rings is 1. The maximum absolute atomic E-state index is 13.1. The van der Waals surface area contributed by atoms with Crippen molar-refractivity contribution in [1.82, 2.24) is 15.1 Å². The van der Waals surface area contributed by atoms with Crippen LogP contribution >= 0.6 is 0 Å². The lowest BCUT2D eigenvalue weighted by molar-refractivity contribution is -0.133. The van der Waals surface area contributed by atoms with Gasteiger partial charge in [0.1, 0.15) is 5.75 Å². The highest BCUT2D eigenvalue weighted by atomic mass is 16.5. The van der Waals surface area contributed by atoms with Crippen molar-refractivity contribution in [2.75, 3.05) is 39.8 Å². The minimum absolute atomic E-state index is 0.0625. The van der Waals surface area contributed by atoms with Gasteiger partial charge in [0.25, 0.3) is 0 Å². The standard InChI is InChI=1S/C22H33N3O3/c1-17(26)24-13-15-25(16-14-24)21(19-5-3-4-6-19)22(27)23-12-11-18-7-9-20(28-2)10-8-18/h7-10,19,21H,3-6,11-16H2,1-2H3,(H,23,27). The Hall–Kier alpha value is -2.08. The van der Waals surface area contributed by atoms with Gasteiger partial charge in [0.15, 0.2) is 0 Å². The highest BCUT2D eigenvalue weighted by Crippen LogP contribution is 2.31. The van der Waals surface area contributed by atoms with Crippen molar-refractivity contribution in [1.29, 1.82) is 0 Å². The van der Waals surface area contributed by atoms with Crippen LogP contribution in [0.2, 0.25) is 0 Å². The molecule has 0 bridgehead atoms. The molecule has 1 aromatic carbocycles. The Morgan fingerprint density at radius 2 is 1.75 bits per heavy atom. The molecule has 1 atom stereocenters. The van der Waals surface area contributed by atoms with Crippen LogP contribution in [0.1, 0.15) is 38.2 Å². The Labute approximate surface area is 168 Å². The van der Waals surface area contributed by atoms with E-state index in [0.717, 1.165) is 51.2 Å². The first-order valence-corrected chi connectivity index (χ1v) is 10.5. The first-order valence-electron chi connectivity index (χ1n) is 10.5. The van der Waals surface area contributed by atoms with Gasteiger partial charge in [0.05, 0.1) is 13.2 Å². The third-order valence-electron chi connectivity index (χ3n) is 6.14. The Morgan fingerprint density at radius 1 is 1.11 bits per heavy atom. The monoisotopic (exact) mass is 387 g/mol. The van der Waals surface area contributed by atoms with Crippen LogP contribution in [0.3, 0.4) is 0 Å². The second kappa shape index (κ2) is 9.92. The fraction of sp³-hybridized carbons (Fsp3) is 0.636. The van der Waals surface area contributed by atoms with Gasteiger partial charge >= 0.3 is 0 Å². The predicted octanol–water partition coefficient (Wildman–Crippen LogP) is 2.08. The van der Waals surface area contributed by atoms with Crippen LogP contribution in [-0.2, 0) is 16.0 Å². The molecule has 0 radical (unpaired) electrons. The summed E-state index contributed by atoms with van der Waals surface area (Å²) in [6.07, 6.45) is 5.50. The van der Waals surface area contributed by atoms with Crippen molar-refractivity contribution >= 4 is 11.8 Å². The maximum atomic E-state index is 13.1. The number of carbonyl (C=O) groups is 2. The molecule has 6 heteroatoms. The molecular weight excluding hydrogens is 354 g/mol. The SMILES string of the molecule is COc1ccc(CCNC(=O)C(C2CCCC2)N2CCN(C(C)=O)CC2)cc1. The van der Waals surface area contributed by atoms with E-state index in [2.05, 4.69) is 10.2 Å². The van der Waals surface area contributed by atoms with Crippen LogP contribution < -0.4 is 10.1 Å². The summed E-state index contributed by atoms with van der Waals surface area (Å²) in [7, 11) is 1.66. The van der Waals surface area contributed by atoms with E-state index in [4.69, 9.17) is 4.74 Å². The summed E-state index contributed by atoms with van der Waals surface area (Å²) in [4.78, 5) is 28.9. The fourth-order valence-corrected chi connectivity index (χ4v) is 4.49. The Morgan fingerprint density at radius 3 is 2.32 bits per heavy atom. The normalized spacial score (nSPS) is 19.4. The molecule has 1 N–H and O–H groups in total. The van der Waals surface area contributed by atoms with Gasteiger partial charge in [-0.25, -0.2) is 0 Å². The number of ether oxygens (including phenoxy) is 1. The van der Waals surface area contributed by atoms with Crippen LogP contribution in [0.15, 0.2) is 24.3 Å². The minimum atomic E-state index is -0.0625. The number of nitrogens with one attached hydrogen (secondary N) is 1. The van der Waals surface area contributed by atoms with Crippen LogP contribution in [0.4, 0.5) is 0 Å². The van der Waals surface area contributed by atoms with Gasteiger partial charge in [-0.05, 0) is 42.9 Å². The van der Waals surface area contributed by atoms with Gasteiger partial charge in [-0.3, -0.25) is 14.5 Å². The fourth-order valence-electron chi connectivity index (χ4n) is 4.49. The molecule has 28 heavy (non-hydrogen) atoms. The smallest absolute Gasteiger partial charge is 0.237 e. The molecule has 3 rings (SSSR count). The Balaban J connectivity index is 1.55. The van der Waals surface area contributed by atoms with Crippen LogP contribution in [0, 0.1) is 5.92 Å². The van der Waals surface area contributed by atoms with E-state index < -0.39 is 0 Å². The summed E-state index contributed by atoms with van der Waals surface area (Å²) in [6.45, 7) is 5.27. The molecule has 6 nitrogen and oxygen atoms in total. The van der Waals surface area contributed by atoms with Gasteiger partial charge in [0.2, 0.25) is 11.8 Å². The molecule has 2 fully saturated rings. The summed E-state index contributed by atoms with van der Waals surface area (Å²) < 4.78 is 5.19. The predicted molar refractivity (Wildman–Crippen MR) is 109 cm³/mol. The lowest BCUT2D eigenvalue weighted by Gasteiger charge is -2.40. The van der Waals surface area contributed by atoms with Gasteiger partial charge in [-0.2, -0.15) is 0 Å². The highest BCUT2D eigenvalue weighted by molar-refractivity contribution is 5.82. The zero-order valence-electron chi connectivity index (χ0n) is 17.2. The van der Waals surface area contributed by atoms with E-state index in [1.165, 1.54) is 18.4 Å². The Kier molecular flexibility index (Phi) is 7.31. The molecule has 2 amide bonds. The summed E-state index contributed by atoms with van der Waals surface area (Å²) in [6, 6.07) is 7.92. The molecule has 1 aliphatic heterocycles. The quantitative estimate of drug-likeness (QED) is 0.778. The lowest BCUT2D eigenvalue weighted by atomic mass is 9.95. The second-order valence-corrected chi connectivity index (χ2v) is 7.92. The van der Waals surface area contributed by atoms with E-state index in [0.29, 0.717) is 12.5 Å². The average molecular weight is 388 g/mol. The number of benzene rings is 1. The second-order valence-electron chi connectivity index (χ2n) is 7.92. The van der Waals surface area contributed by atoms with Gasteiger partial charge in [0, 0.05) is 39.6 Å². The molecule has 1 aliphatic carbocycles. The molecule has 0 aromatic heterocycles. The number of carbonyl (C=O) groups excluding carboxylic acids is 2. The van der Waals surface area contributed by atoms with E-state index in [1.54, 1.807) is 14.0 Å². The van der Waals surface area contributed by atoms with Crippen molar-refractivity contribution in [2.24, 2.45) is 5.92 Å². The number of hydrogen-bond donors (Lipinski definition) is 1. The number of amides is 2. The maximum Gasteiger partial charge on any atom is 0.237 e. The molecular formula is C22H33N3O3. The zero-order chi connectivity index (χ0) is 19.9. The summed E-state index contributed by atoms with van der Waals surface area (Å²) in [5.74, 6) is 1.56. The first kappa shape index (κ1) is 20.6. The van der Waals surface area contributed by atoms with E-state index >= 15 is 0 Å². The summed E-state index contributed by atoms with van der Waals surface area (Å²) in [5.41, 5.74) is 1.19. The first-order chi connectivity index (χ1) is 13.6. The van der Waals surface area contributed by atoms with Crippen molar-refractivity contribution in [2.45, 2.75) is 45.1 Å². The van der Waals surface area contributed by atoms with E-state index in [9.17, 15) is 9.59 Å². The largest absolute Gasteiger partial charge is 0.497 e. The molecule has 0 spiro atoms. The van der Waals surface area contributed by atoms with Gasteiger partial charge in [-0.1, -0.05) is 25.0 Å². The molecule has 1 unspecified atom stereocenters. The zero-order valence-corrected chi connectivity index (χ0v) is 17.2. The summed E-state index contributed by atoms with van der Waals surface area (Å²) >= 11 is 0. The van der Waals surface area contributed by atoms with E-state index in [1.807, 2.05) is 29.2 Å². The number of hydrogen-bond acceptors (Lipinski definition) is 4. The molecule has 1 saturated heterocycles. The average Bonchev–Trinajstić information content (AvgIpc) is 3.23. The van der Waals surface area contributed by atoms with Gasteiger partial charge in [-0.15, -0.1) is 0 Å². The van der Waals surface area contributed by atoms with Crippen LogP contribution in [-0.4, -0.2) is 67.5 Å². The Bertz CT molecular complexity index is 647.